The Kier molecular flexibility index (Phi) is 5.17. The van der Waals surface area contributed by atoms with Crippen LogP contribution < -0.4 is 16.4 Å². The fourth-order valence-corrected chi connectivity index (χ4v) is 1.50. The number of nitrogen functional groups attached to an aromatic ring is 1. The first-order valence-corrected chi connectivity index (χ1v) is 5.95. The molecule has 0 aliphatic heterocycles. The zero-order chi connectivity index (χ0) is 14.4. The van der Waals surface area contributed by atoms with Crippen molar-refractivity contribution >= 4 is 23.4 Å². The largest absolute Gasteiger partial charge is 0.467 e. The Morgan fingerprint density at radius 2 is 1.79 bits per heavy atom. The Morgan fingerprint density at radius 3 is 2.26 bits per heavy atom. The van der Waals surface area contributed by atoms with E-state index in [0.29, 0.717) is 11.4 Å². The molecule has 0 aliphatic carbocycles. The number of esters is 1. The molecule has 0 saturated carbocycles. The van der Waals surface area contributed by atoms with Gasteiger partial charge in [0.2, 0.25) is 0 Å². The lowest BCUT2D eigenvalue weighted by atomic mass is 10.1. The van der Waals surface area contributed by atoms with Crippen molar-refractivity contribution in [3.8, 4) is 0 Å². The molecule has 0 aliphatic rings. The molecule has 1 rings (SSSR count). The van der Waals surface area contributed by atoms with E-state index in [1.165, 1.54) is 7.11 Å². The Balaban J connectivity index is 2.62. The maximum absolute atomic E-state index is 11.8. The number of ether oxygens (including phenoxy) is 1. The van der Waals surface area contributed by atoms with Gasteiger partial charge in [0.05, 0.1) is 7.11 Å². The van der Waals surface area contributed by atoms with Crippen LogP contribution in [0.15, 0.2) is 24.3 Å². The summed E-state index contributed by atoms with van der Waals surface area (Å²) in [4.78, 5) is 23.3. The summed E-state index contributed by atoms with van der Waals surface area (Å²) < 4.78 is 4.64. The molecule has 6 heteroatoms. The number of nitrogens with one attached hydrogen (secondary N) is 2. The molecule has 0 saturated heterocycles. The lowest BCUT2D eigenvalue weighted by Gasteiger charge is -2.20. The fraction of sp³-hybridized carbons (Fsp3) is 0.385. The van der Waals surface area contributed by atoms with Gasteiger partial charge in [0.15, 0.2) is 0 Å². The fourth-order valence-electron chi connectivity index (χ4n) is 1.50. The maximum atomic E-state index is 11.8. The zero-order valence-electron chi connectivity index (χ0n) is 11.3. The van der Waals surface area contributed by atoms with Crippen molar-refractivity contribution in [2.75, 3.05) is 18.2 Å². The molecule has 0 heterocycles. The number of benzene rings is 1. The predicted molar refractivity (Wildman–Crippen MR) is 73.7 cm³/mol. The van der Waals surface area contributed by atoms with Crippen molar-refractivity contribution in [2.24, 2.45) is 5.92 Å². The second kappa shape index (κ2) is 6.63. The quantitative estimate of drug-likeness (QED) is 0.569. The van der Waals surface area contributed by atoms with Gasteiger partial charge in [-0.25, -0.2) is 9.59 Å². The first-order valence-electron chi connectivity index (χ1n) is 5.95. The molecule has 0 bridgehead atoms. The number of carbonyl (C=O) groups excluding carboxylic acids is 2. The van der Waals surface area contributed by atoms with Crippen molar-refractivity contribution in [1.29, 1.82) is 0 Å². The minimum Gasteiger partial charge on any atom is -0.467 e. The normalized spacial score (nSPS) is 11.8. The molecule has 104 valence electrons. The number of rotatable bonds is 4. The summed E-state index contributed by atoms with van der Waals surface area (Å²) in [6.45, 7) is 3.65. The third kappa shape index (κ3) is 4.50. The van der Waals surface area contributed by atoms with E-state index in [1.807, 2.05) is 13.8 Å². The van der Waals surface area contributed by atoms with Gasteiger partial charge in [-0.05, 0) is 30.2 Å². The molecule has 6 nitrogen and oxygen atoms in total. The molecule has 1 atom stereocenters. The van der Waals surface area contributed by atoms with Crippen LogP contribution in [0.1, 0.15) is 13.8 Å². The number of methoxy groups -OCH3 is 1. The van der Waals surface area contributed by atoms with Crippen LogP contribution in [-0.4, -0.2) is 25.2 Å². The van der Waals surface area contributed by atoms with Gasteiger partial charge in [0.25, 0.3) is 0 Å². The average molecular weight is 265 g/mol. The molecule has 2 amide bonds. The number of anilines is 2. The molecule has 0 spiro atoms. The van der Waals surface area contributed by atoms with E-state index in [0.717, 1.165) is 0 Å². The Hall–Kier alpha value is -2.24. The zero-order valence-corrected chi connectivity index (χ0v) is 11.3. The number of carbonyl (C=O) groups is 2. The second-order valence-electron chi connectivity index (χ2n) is 4.47. The van der Waals surface area contributed by atoms with Gasteiger partial charge in [-0.1, -0.05) is 13.8 Å². The van der Waals surface area contributed by atoms with E-state index in [4.69, 9.17) is 5.73 Å². The van der Waals surface area contributed by atoms with E-state index in [-0.39, 0.29) is 5.92 Å². The Labute approximate surface area is 112 Å². The number of urea groups is 1. The standard InChI is InChI=1S/C13H19N3O3/c1-8(2)11(12(17)19-3)16-13(18)15-10-6-4-9(14)5-7-10/h4-8,11H,14H2,1-3H3,(H2,15,16,18). The molecular formula is C13H19N3O3. The first kappa shape index (κ1) is 14.8. The van der Waals surface area contributed by atoms with Crippen LogP contribution in [0.5, 0.6) is 0 Å². The highest BCUT2D eigenvalue weighted by molar-refractivity contribution is 5.92. The predicted octanol–water partition coefficient (Wildman–Crippen LogP) is 1.59. The third-order valence-electron chi connectivity index (χ3n) is 2.58. The molecule has 4 N–H and O–H groups in total. The SMILES string of the molecule is COC(=O)C(NC(=O)Nc1ccc(N)cc1)C(C)C. The molecule has 1 aromatic rings. The van der Waals surface area contributed by atoms with Crippen LogP contribution >= 0.6 is 0 Å². The second-order valence-corrected chi connectivity index (χ2v) is 4.47. The molecule has 0 fully saturated rings. The van der Waals surface area contributed by atoms with Crippen LogP contribution in [0.4, 0.5) is 16.2 Å². The van der Waals surface area contributed by atoms with E-state index in [9.17, 15) is 9.59 Å². The summed E-state index contributed by atoms with van der Waals surface area (Å²) in [5, 5.41) is 5.19. The highest BCUT2D eigenvalue weighted by Gasteiger charge is 2.24. The van der Waals surface area contributed by atoms with Crippen molar-refractivity contribution < 1.29 is 14.3 Å². The average Bonchev–Trinajstić information content (AvgIpc) is 2.37. The molecular weight excluding hydrogens is 246 g/mol. The highest BCUT2D eigenvalue weighted by Crippen LogP contribution is 2.10. The van der Waals surface area contributed by atoms with Crippen molar-refractivity contribution in [2.45, 2.75) is 19.9 Å². The summed E-state index contributed by atoms with van der Waals surface area (Å²) in [5.74, 6) is -0.535. The number of hydrogen-bond donors (Lipinski definition) is 3. The smallest absolute Gasteiger partial charge is 0.328 e. The van der Waals surface area contributed by atoms with E-state index < -0.39 is 18.0 Å². The van der Waals surface area contributed by atoms with Crippen LogP contribution in [0, 0.1) is 5.92 Å². The number of nitrogens with two attached hydrogens (primary N) is 1. The van der Waals surface area contributed by atoms with Gasteiger partial charge in [0.1, 0.15) is 6.04 Å². The van der Waals surface area contributed by atoms with Crippen LogP contribution in [0.3, 0.4) is 0 Å². The highest BCUT2D eigenvalue weighted by atomic mass is 16.5. The van der Waals surface area contributed by atoms with Gasteiger partial charge in [0, 0.05) is 11.4 Å². The summed E-state index contributed by atoms with van der Waals surface area (Å²) in [5.41, 5.74) is 6.75. The summed E-state index contributed by atoms with van der Waals surface area (Å²) in [6, 6.07) is 5.56. The summed E-state index contributed by atoms with van der Waals surface area (Å²) >= 11 is 0. The lowest BCUT2D eigenvalue weighted by molar-refractivity contribution is -0.143. The Morgan fingerprint density at radius 1 is 1.21 bits per heavy atom. The van der Waals surface area contributed by atoms with Gasteiger partial charge < -0.3 is 21.1 Å². The van der Waals surface area contributed by atoms with Crippen LogP contribution in [0.2, 0.25) is 0 Å². The molecule has 19 heavy (non-hydrogen) atoms. The van der Waals surface area contributed by atoms with E-state index >= 15 is 0 Å². The van der Waals surface area contributed by atoms with Gasteiger partial charge in [-0.2, -0.15) is 0 Å². The third-order valence-corrected chi connectivity index (χ3v) is 2.58. The molecule has 1 unspecified atom stereocenters. The van der Waals surface area contributed by atoms with Crippen molar-refractivity contribution in [3.63, 3.8) is 0 Å². The first-order chi connectivity index (χ1) is 8.93. The topological polar surface area (TPSA) is 93.4 Å². The molecule has 1 aromatic carbocycles. The lowest BCUT2D eigenvalue weighted by Crippen LogP contribution is -2.46. The van der Waals surface area contributed by atoms with Gasteiger partial charge in [-0.3, -0.25) is 0 Å². The van der Waals surface area contributed by atoms with Gasteiger partial charge >= 0.3 is 12.0 Å². The minimum atomic E-state index is -0.682. The molecule has 0 radical (unpaired) electrons. The molecule has 0 aromatic heterocycles. The van der Waals surface area contributed by atoms with E-state index in [2.05, 4.69) is 15.4 Å². The van der Waals surface area contributed by atoms with Gasteiger partial charge in [-0.15, -0.1) is 0 Å². The maximum Gasteiger partial charge on any atom is 0.328 e. The Bertz CT molecular complexity index is 443. The van der Waals surface area contributed by atoms with Crippen molar-refractivity contribution in [3.05, 3.63) is 24.3 Å². The monoisotopic (exact) mass is 265 g/mol. The minimum absolute atomic E-state index is 0.0652. The summed E-state index contributed by atoms with van der Waals surface area (Å²) in [6.07, 6.45) is 0. The van der Waals surface area contributed by atoms with Crippen LogP contribution in [-0.2, 0) is 9.53 Å². The number of amides is 2. The van der Waals surface area contributed by atoms with Crippen LogP contribution in [0.25, 0.3) is 0 Å². The van der Waals surface area contributed by atoms with Crippen molar-refractivity contribution in [1.82, 2.24) is 5.32 Å². The number of hydrogen-bond acceptors (Lipinski definition) is 4. The summed E-state index contributed by atoms with van der Waals surface area (Å²) in [7, 11) is 1.29. The van der Waals surface area contributed by atoms with E-state index in [1.54, 1.807) is 24.3 Å².